The summed E-state index contributed by atoms with van der Waals surface area (Å²) in [7, 11) is 0. The topological polar surface area (TPSA) is 124 Å². The first-order valence-corrected chi connectivity index (χ1v) is 7.42. The van der Waals surface area contributed by atoms with Crippen molar-refractivity contribution in [2.45, 2.75) is 5.92 Å². The smallest absolute Gasteiger partial charge is 0.354 e. The fourth-order valence-corrected chi connectivity index (χ4v) is 3.06. The summed E-state index contributed by atoms with van der Waals surface area (Å²) < 4.78 is 13.5. The minimum atomic E-state index is -1.34. The van der Waals surface area contributed by atoms with E-state index < -0.39 is 35.5 Å². The number of aromatic amines is 1. The summed E-state index contributed by atoms with van der Waals surface area (Å²) in [5.74, 6) is -5.13. The molecule has 1 aliphatic heterocycles. The van der Waals surface area contributed by atoms with Gasteiger partial charge in [0.15, 0.2) is 11.4 Å². The van der Waals surface area contributed by atoms with Gasteiger partial charge in [0.25, 0.3) is 5.91 Å². The highest BCUT2D eigenvalue weighted by Crippen LogP contribution is 2.34. The molecule has 3 N–H and O–H groups in total. The number of carbonyl (C=O) groups excluding carboxylic acids is 1. The van der Waals surface area contributed by atoms with Crippen molar-refractivity contribution in [3.63, 3.8) is 0 Å². The number of halogens is 1. The van der Waals surface area contributed by atoms with E-state index >= 15 is 0 Å². The van der Waals surface area contributed by atoms with E-state index in [2.05, 4.69) is 9.97 Å². The average Bonchev–Trinajstić information content (AvgIpc) is 3.21. The Morgan fingerprint density at radius 3 is 2.64 bits per heavy atom. The molecule has 130 valence electrons. The van der Waals surface area contributed by atoms with Gasteiger partial charge in [0.05, 0.1) is 12.2 Å². The van der Waals surface area contributed by atoms with Crippen molar-refractivity contribution < 1.29 is 29.0 Å². The van der Waals surface area contributed by atoms with Crippen LogP contribution < -0.4 is 0 Å². The molecule has 1 aromatic heterocycles. The predicted octanol–water partition coefficient (Wildman–Crippen LogP) is 1.19. The van der Waals surface area contributed by atoms with Gasteiger partial charge in [0.1, 0.15) is 5.82 Å². The van der Waals surface area contributed by atoms with Gasteiger partial charge < -0.3 is 20.1 Å². The van der Waals surface area contributed by atoms with Gasteiger partial charge in [0, 0.05) is 19.0 Å². The predicted molar refractivity (Wildman–Crippen MR) is 81.7 cm³/mol. The highest BCUT2D eigenvalue weighted by atomic mass is 19.1. The van der Waals surface area contributed by atoms with Gasteiger partial charge in [-0.2, -0.15) is 0 Å². The fraction of sp³-hybridized carbons (Fsp3) is 0.250. The molecule has 8 nitrogen and oxygen atoms in total. The van der Waals surface area contributed by atoms with E-state index in [1.807, 2.05) is 0 Å². The Kier molecular flexibility index (Phi) is 4.22. The van der Waals surface area contributed by atoms with E-state index in [-0.39, 0.29) is 24.5 Å². The van der Waals surface area contributed by atoms with E-state index in [0.717, 1.165) is 6.33 Å². The SMILES string of the molecule is O=C(O)c1[nH]cnc1C(=O)N1C[C@@H](C(=O)O)[C@H](c2cccc(F)c2)C1. The molecule has 1 aromatic carbocycles. The van der Waals surface area contributed by atoms with Gasteiger partial charge in [-0.05, 0) is 17.7 Å². The molecule has 1 amide bonds. The number of H-pyrrole nitrogens is 1. The van der Waals surface area contributed by atoms with Crippen LogP contribution in [-0.2, 0) is 4.79 Å². The van der Waals surface area contributed by atoms with Gasteiger partial charge in [-0.15, -0.1) is 0 Å². The first-order chi connectivity index (χ1) is 11.9. The van der Waals surface area contributed by atoms with Crippen molar-refractivity contribution in [2.24, 2.45) is 5.92 Å². The molecule has 2 aromatic rings. The molecule has 0 radical (unpaired) electrons. The summed E-state index contributed by atoms with van der Waals surface area (Å²) in [5, 5.41) is 18.5. The average molecular weight is 347 g/mol. The molecule has 0 bridgehead atoms. The number of imidazole rings is 1. The molecule has 1 saturated heterocycles. The molecule has 0 unspecified atom stereocenters. The van der Waals surface area contributed by atoms with Gasteiger partial charge >= 0.3 is 11.9 Å². The van der Waals surface area contributed by atoms with Crippen molar-refractivity contribution in [1.82, 2.24) is 14.9 Å². The lowest BCUT2D eigenvalue weighted by Gasteiger charge is -2.16. The van der Waals surface area contributed by atoms with Crippen LogP contribution in [0.5, 0.6) is 0 Å². The molecule has 0 spiro atoms. The summed E-state index contributed by atoms with van der Waals surface area (Å²) in [6, 6.07) is 5.57. The van der Waals surface area contributed by atoms with Crippen LogP contribution in [0, 0.1) is 11.7 Å². The first kappa shape index (κ1) is 16.6. The number of amides is 1. The Bertz CT molecular complexity index is 850. The first-order valence-electron chi connectivity index (χ1n) is 7.42. The normalized spacial score (nSPS) is 19.8. The van der Waals surface area contributed by atoms with E-state index in [9.17, 15) is 23.9 Å². The van der Waals surface area contributed by atoms with Crippen LogP contribution in [0.4, 0.5) is 4.39 Å². The van der Waals surface area contributed by atoms with Gasteiger partial charge in [-0.25, -0.2) is 14.2 Å². The molecule has 0 aliphatic carbocycles. The Hall–Kier alpha value is -3.23. The number of nitrogens with zero attached hydrogens (tertiary/aromatic N) is 2. The Labute approximate surface area is 140 Å². The minimum Gasteiger partial charge on any atom is -0.481 e. The van der Waals surface area contributed by atoms with Crippen LogP contribution in [0.2, 0.25) is 0 Å². The van der Waals surface area contributed by atoms with Gasteiger partial charge in [-0.3, -0.25) is 9.59 Å². The zero-order chi connectivity index (χ0) is 18.1. The summed E-state index contributed by atoms with van der Waals surface area (Å²) in [5.41, 5.74) is -0.161. The fourth-order valence-electron chi connectivity index (χ4n) is 3.06. The number of nitrogens with one attached hydrogen (secondary N) is 1. The summed E-state index contributed by atoms with van der Waals surface area (Å²) in [6.07, 6.45) is 1.09. The van der Waals surface area contributed by atoms with Gasteiger partial charge in [0.2, 0.25) is 0 Å². The molecule has 9 heteroatoms. The highest BCUT2D eigenvalue weighted by molar-refractivity contribution is 6.02. The number of carbonyl (C=O) groups is 3. The maximum Gasteiger partial charge on any atom is 0.354 e. The van der Waals surface area contributed by atoms with Crippen molar-refractivity contribution in [2.75, 3.05) is 13.1 Å². The summed E-state index contributed by atoms with van der Waals surface area (Å²) >= 11 is 0. The Morgan fingerprint density at radius 1 is 1.24 bits per heavy atom. The molecule has 0 saturated carbocycles. The van der Waals surface area contributed by atoms with Crippen molar-refractivity contribution >= 4 is 17.8 Å². The molecular formula is C16H14FN3O5. The van der Waals surface area contributed by atoms with Crippen molar-refractivity contribution in [1.29, 1.82) is 0 Å². The Morgan fingerprint density at radius 2 is 2.00 bits per heavy atom. The van der Waals surface area contributed by atoms with Crippen molar-refractivity contribution in [3.05, 3.63) is 53.4 Å². The maximum atomic E-state index is 13.5. The third-order valence-electron chi connectivity index (χ3n) is 4.26. The third-order valence-corrected chi connectivity index (χ3v) is 4.26. The number of hydrogen-bond acceptors (Lipinski definition) is 4. The monoisotopic (exact) mass is 347 g/mol. The molecule has 25 heavy (non-hydrogen) atoms. The van der Waals surface area contributed by atoms with Crippen LogP contribution in [0.25, 0.3) is 0 Å². The highest BCUT2D eigenvalue weighted by Gasteiger charge is 2.41. The van der Waals surface area contributed by atoms with Crippen molar-refractivity contribution in [3.8, 4) is 0 Å². The second-order valence-corrected chi connectivity index (χ2v) is 5.75. The van der Waals surface area contributed by atoms with Gasteiger partial charge in [-0.1, -0.05) is 12.1 Å². The largest absolute Gasteiger partial charge is 0.481 e. The van der Waals surface area contributed by atoms with E-state index in [0.29, 0.717) is 5.56 Å². The van der Waals surface area contributed by atoms with Crippen LogP contribution >= 0.6 is 0 Å². The van der Waals surface area contributed by atoms with E-state index in [4.69, 9.17) is 5.11 Å². The zero-order valence-corrected chi connectivity index (χ0v) is 12.8. The standard InChI is InChI=1S/C16H14FN3O5/c17-9-3-1-2-8(4-9)10-5-20(6-11(10)15(22)23)14(21)12-13(16(24)25)19-7-18-12/h1-4,7,10-11H,5-6H2,(H,18,19)(H,22,23)(H,24,25)/t10-,11+/m0/s1. The number of carboxylic acid groups (broad SMARTS) is 2. The lowest BCUT2D eigenvalue weighted by atomic mass is 9.89. The molecule has 1 fully saturated rings. The lowest BCUT2D eigenvalue weighted by Crippen LogP contribution is -2.31. The van der Waals surface area contributed by atoms with Crippen LogP contribution in [0.1, 0.15) is 32.5 Å². The maximum absolute atomic E-state index is 13.5. The quantitative estimate of drug-likeness (QED) is 0.763. The molecule has 2 heterocycles. The number of aromatic nitrogens is 2. The number of carboxylic acids is 2. The number of aromatic carboxylic acids is 1. The summed E-state index contributed by atoms with van der Waals surface area (Å²) in [6.45, 7) is -0.0769. The Balaban J connectivity index is 1.89. The minimum absolute atomic E-state index is 0.0329. The number of benzene rings is 1. The van der Waals surface area contributed by atoms with Crippen LogP contribution in [0.3, 0.4) is 0 Å². The molecular weight excluding hydrogens is 333 g/mol. The van der Waals surface area contributed by atoms with E-state index in [1.54, 1.807) is 6.07 Å². The van der Waals surface area contributed by atoms with Crippen LogP contribution in [-0.4, -0.2) is 56.0 Å². The molecule has 2 atom stereocenters. The van der Waals surface area contributed by atoms with Crippen LogP contribution in [0.15, 0.2) is 30.6 Å². The second-order valence-electron chi connectivity index (χ2n) is 5.75. The third kappa shape index (κ3) is 3.08. The number of hydrogen-bond donors (Lipinski definition) is 3. The number of rotatable bonds is 4. The zero-order valence-electron chi connectivity index (χ0n) is 12.8. The number of aliphatic carboxylic acids is 1. The molecule has 3 rings (SSSR count). The molecule has 1 aliphatic rings. The second kappa shape index (κ2) is 6.34. The lowest BCUT2D eigenvalue weighted by molar-refractivity contribution is -0.141. The van der Waals surface area contributed by atoms with E-state index in [1.165, 1.54) is 23.1 Å². The summed E-state index contributed by atoms with van der Waals surface area (Å²) in [4.78, 5) is 42.6. The number of likely N-dealkylation sites (tertiary alicyclic amines) is 1.